The van der Waals surface area contributed by atoms with Crippen molar-refractivity contribution in [1.29, 1.82) is 0 Å². The molecule has 1 aromatic heterocycles. The fourth-order valence-corrected chi connectivity index (χ4v) is 1.76. The van der Waals surface area contributed by atoms with Crippen LogP contribution in [0.3, 0.4) is 0 Å². The van der Waals surface area contributed by atoms with E-state index in [0.717, 1.165) is 17.1 Å². The van der Waals surface area contributed by atoms with E-state index in [2.05, 4.69) is 5.10 Å². The van der Waals surface area contributed by atoms with Gasteiger partial charge in [-0.15, -0.1) is 0 Å². The number of ether oxygens (including phenoxy) is 1. The van der Waals surface area contributed by atoms with Gasteiger partial charge in [0, 0.05) is 5.69 Å². The Morgan fingerprint density at radius 3 is 2.61 bits per heavy atom. The SMILES string of the molecule is Cc1cc(C)n(C(=O)CCOc2ccccc2)n1. The minimum absolute atomic E-state index is 0.0449. The number of aryl methyl sites for hydroxylation is 2. The maximum atomic E-state index is 11.9. The van der Waals surface area contributed by atoms with Crippen LogP contribution in [-0.2, 0) is 0 Å². The van der Waals surface area contributed by atoms with Crippen molar-refractivity contribution in [3.05, 3.63) is 47.8 Å². The van der Waals surface area contributed by atoms with Gasteiger partial charge in [-0.25, -0.2) is 4.68 Å². The van der Waals surface area contributed by atoms with Crippen molar-refractivity contribution in [3.8, 4) is 5.75 Å². The van der Waals surface area contributed by atoms with Gasteiger partial charge in [-0.2, -0.15) is 5.10 Å². The van der Waals surface area contributed by atoms with Crippen LogP contribution in [0.25, 0.3) is 0 Å². The first-order valence-electron chi connectivity index (χ1n) is 5.91. The van der Waals surface area contributed by atoms with Crippen LogP contribution < -0.4 is 4.74 Å². The Morgan fingerprint density at radius 1 is 1.28 bits per heavy atom. The second-order valence-corrected chi connectivity index (χ2v) is 4.14. The molecule has 0 atom stereocenters. The average Bonchev–Trinajstić information content (AvgIpc) is 2.70. The van der Waals surface area contributed by atoms with E-state index in [-0.39, 0.29) is 5.91 Å². The first-order chi connectivity index (χ1) is 8.66. The molecule has 0 unspecified atom stereocenters. The number of hydrogen-bond acceptors (Lipinski definition) is 3. The van der Waals surface area contributed by atoms with Gasteiger partial charge in [0.15, 0.2) is 0 Å². The first-order valence-corrected chi connectivity index (χ1v) is 5.91. The normalized spacial score (nSPS) is 10.3. The third kappa shape index (κ3) is 2.97. The summed E-state index contributed by atoms with van der Waals surface area (Å²) < 4.78 is 6.92. The van der Waals surface area contributed by atoms with Gasteiger partial charge in [0.2, 0.25) is 0 Å². The molecule has 1 aromatic carbocycles. The molecule has 0 radical (unpaired) electrons. The predicted octanol–water partition coefficient (Wildman–Crippen LogP) is 2.61. The molecule has 1 heterocycles. The molecule has 2 aromatic rings. The summed E-state index contributed by atoms with van der Waals surface area (Å²) in [4.78, 5) is 11.9. The van der Waals surface area contributed by atoms with Gasteiger partial charge >= 0.3 is 0 Å². The molecule has 0 saturated heterocycles. The van der Waals surface area contributed by atoms with Crippen molar-refractivity contribution in [2.24, 2.45) is 0 Å². The van der Waals surface area contributed by atoms with Gasteiger partial charge in [-0.1, -0.05) is 18.2 Å². The van der Waals surface area contributed by atoms with E-state index in [0.29, 0.717) is 13.0 Å². The van der Waals surface area contributed by atoms with Gasteiger partial charge in [-0.05, 0) is 32.0 Å². The summed E-state index contributed by atoms with van der Waals surface area (Å²) in [6, 6.07) is 11.3. The fraction of sp³-hybridized carbons (Fsp3) is 0.286. The zero-order valence-corrected chi connectivity index (χ0v) is 10.6. The summed E-state index contributed by atoms with van der Waals surface area (Å²) in [6.07, 6.45) is 0.316. The molecule has 4 heteroatoms. The minimum atomic E-state index is -0.0449. The van der Waals surface area contributed by atoms with Crippen LogP contribution in [-0.4, -0.2) is 22.3 Å². The number of rotatable bonds is 4. The van der Waals surface area contributed by atoms with E-state index in [1.54, 1.807) is 0 Å². The van der Waals surface area contributed by atoms with E-state index in [4.69, 9.17) is 4.74 Å². The standard InChI is InChI=1S/C14H16N2O2/c1-11-10-12(2)16(15-11)14(17)8-9-18-13-6-4-3-5-7-13/h3-7,10H,8-9H2,1-2H3. The summed E-state index contributed by atoms with van der Waals surface area (Å²) in [7, 11) is 0. The van der Waals surface area contributed by atoms with Crippen molar-refractivity contribution in [1.82, 2.24) is 9.78 Å². The monoisotopic (exact) mass is 244 g/mol. The zero-order chi connectivity index (χ0) is 13.0. The molecule has 0 aliphatic carbocycles. The number of carbonyl (C=O) groups is 1. The maximum absolute atomic E-state index is 11.9. The molecule has 0 aliphatic heterocycles. The molecule has 0 aliphatic rings. The average molecular weight is 244 g/mol. The van der Waals surface area contributed by atoms with E-state index in [9.17, 15) is 4.79 Å². The van der Waals surface area contributed by atoms with Crippen molar-refractivity contribution >= 4 is 5.91 Å². The Labute approximate surface area is 106 Å². The molecule has 0 fully saturated rings. The van der Waals surface area contributed by atoms with E-state index in [1.165, 1.54) is 4.68 Å². The highest BCUT2D eigenvalue weighted by Crippen LogP contribution is 2.09. The van der Waals surface area contributed by atoms with Crippen LogP contribution in [0.4, 0.5) is 0 Å². The lowest BCUT2D eigenvalue weighted by Crippen LogP contribution is -2.17. The lowest BCUT2D eigenvalue weighted by atomic mass is 10.3. The van der Waals surface area contributed by atoms with Crippen LogP contribution in [0.15, 0.2) is 36.4 Å². The quantitative estimate of drug-likeness (QED) is 0.830. The third-order valence-electron chi connectivity index (χ3n) is 2.57. The molecule has 0 saturated carbocycles. The third-order valence-corrected chi connectivity index (χ3v) is 2.57. The molecule has 0 amide bonds. The van der Waals surface area contributed by atoms with Gasteiger partial charge in [-0.3, -0.25) is 4.79 Å². The smallest absolute Gasteiger partial charge is 0.250 e. The Bertz CT molecular complexity index is 532. The Morgan fingerprint density at radius 2 is 2.00 bits per heavy atom. The molecular formula is C14H16N2O2. The topological polar surface area (TPSA) is 44.1 Å². The largest absolute Gasteiger partial charge is 0.493 e. The number of nitrogens with zero attached hydrogens (tertiary/aromatic N) is 2. The highest BCUT2D eigenvalue weighted by Gasteiger charge is 2.09. The van der Waals surface area contributed by atoms with Crippen molar-refractivity contribution in [3.63, 3.8) is 0 Å². The Balaban J connectivity index is 1.87. The van der Waals surface area contributed by atoms with Crippen molar-refractivity contribution < 1.29 is 9.53 Å². The second kappa shape index (κ2) is 5.49. The van der Waals surface area contributed by atoms with E-state index >= 15 is 0 Å². The van der Waals surface area contributed by atoms with Crippen LogP contribution in [0, 0.1) is 13.8 Å². The molecule has 4 nitrogen and oxygen atoms in total. The summed E-state index contributed by atoms with van der Waals surface area (Å²) in [5.41, 5.74) is 1.71. The van der Waals surface area contributed by atoms with E-state index in [1.807, 2.05) is 50.2 Å². The first kappa shape index (κ1) is 12.4. The summed E-state index contributed by atoms with van der Waals surface area (Å²) in [6.45, 7) is 4.11. The highest BCUT2D eigenvalue weighted by atomic mass is 16.5. The zero-order valence-electron chi connectivity index (χ0n) is 10.6. The van der Waals surface area contributed by atoms with Crippen LogP contribution >= 0.6 is 0 Å². The molecule has 94 valence electrons. The molecule has 2 rings (SSSR count). The maximum Gasteiger partial charge on any atom is 0.250 e. The predicted molar refractivity (Wildman–Crippen MR) is 68.9 cm³/mol. The number of carbonyl (C=O) groups excluding carboxylic acids is 1. The Hall–Kier alpha value is -2.10. The number of hydrogen-bond donors (Lipinski definition) is 0. The number of para-hydroxylation sites is 1. The van der Waals surface area contributed by atoms with E-state index < -0.39 is 0 Å². The molecule has 0 bridgehead atoms. The molecule has 18 heavy (non-hydrogen) atoms. The van der Waals surface area contributed by atoms with Gasteiger partial charge in [0.25, 0.3) is 5.91 Å². The second-order valence-electron chi connectivity index (χ2n) is 4.14. The molecule has 0 N–H and O–H groups in total. The molecular weight excluding hydrogens is 228 g/mol. The van der Waals surface area contributed by atoms with Gasteiger partial charge in [0.05, 0.1) is 18.7 Å². The Kier molecular flexibility index (Phi) is 3.77. The summed E-state index contributed by atoms with van der Waals surface area (Å²) in [5, 5.41) is 4.15. The van der Waals surface area contributed by atoms with Gasteiger partial charge < -0.3 is 4.74 Å². The van der Waals surface area contributed by atoms with Crippen LogP contribution in [0.2, 0.25) is 0 Å². The number of aromatic nitrogens is 2. The highest BCUT2D eigenvalue weighted by molar-refractivity contribution is 5.78. The van der Waals surface area contributed by atoms with Crippen molar-refractivity contribution in [2.45, 2.75) is 20.3 Å². The summed E-state index contributed by atoms with van der Waals surface area (Å²) in [5.74, 6) is 0.732. The van der Waals surface area contributed by atoms with Crippen LogP contribution in [0.1, 0.15) is 22.6 Å². The number of benzene rings is 1. The van der Waals surface area contributed by atoms with Crippen LogP contribution in [0.5, 0.6) is 5.75 Å². The van der Waals surface area contributed by atoms with Gasteiger partial charge in [0.1, 0.15) is 5.75 Å². The summed E-state index contributed by atoms with van der Waals surface area (Å²) >= 11 is 0. The lowest BCUT2D eigenvalue weighted by Gasteiger charge is -2.06. The fourth-order valence-electron chi connectivity index (χ4n) is 1.76. The van der Waals surface area contributed by atoms with Crippen molar-refractivity contribution in [2.75, 3.05) is 6.61 Å². The lowest BCUT2D eigenvalue weighted by molar-refractivity contribution is 0.0862. The minimum Gasteiger partial charge on any atom is -0.493 e. The molecule has 0 spiro atoms.